The van der Waals surface area contributed by atoms with Crippen molar-refractivity contribution in [1.29, 1.82) is 0 Å². The first kappa shape index (κ1) is 4.59. The maximum absolute atomic E-state index is 9.99. The fourth-order valence-electron chi connectivity index (χ4n) is 0.292. The number of esters is 1. The number of carbonyl (C=O) groups is 1. The van der Waals surface area contributed by atoms with Crippen LogP contribution in [0.4, 0.5) is 0 Å². The van der Waals surface area contributed by atoms with Crippen molar-refractivity contribution in [3.8, 4) is 0 Å². The van der Waals surface area contributed by atoms with Crippen LogP contribution >= 0.6 is 0 Å². The van der Waals surface area contributed by atoms with Gasteiger partial charge in [-0.25, -0.2) is 0 Å². The van der Waals surface area contributed by atoms with Crippen molar-refractivity contribution in [2.24, 2.45) is 0 Å². The van der Waals surface area contributed by atoms with Crippen LogP contribution in [0.2, 0.25) is 0 Å². The third-order valence-corrected chi connectivity index (χ3v) is 0.600. The second-order valence-electron chi connectivity index (χ2n) is 1.37. The summed E-state index contributed by atoms with van der Waals surface area (Å²) in [6.07, 6.45) is -0.225. The quantitative estimate of drug-likeness (QED) is 0.343. The number of rotatable bonds is 1. The molecular formula is C4H6O3. The largest absolute Gasteiger partial charge is 0.433 e. The van der Waals surface area contributed by atoms with Crippen molar-refractivity contribution in [2.45, 2.75) is 13.2 Å². The lowest BCUT2D eigenvalue weighted by molar-refractivity contribution is -0.145. The Hall–Kier alpha value is -0.570. The summed E-state index contributed by atoms with van der Waals surface area (Å²) in [6.45, 7) is 1.93. The van der Waals surface area contributed by atoms with Crippen molar-refractivity contribution in [1.82, 2.24) is 0 Å². The molecule has 0 bridgehead atoms. The SMILES string of the molecule is CC(=O)O[C@@H]1CO1. The first-order valence-electron chi connectivity index (χ1n) is 2.08. The Morgan fingerprint density at radius 3 is 2.71 bits per heavy atom. The summed E-state index contributed by atoms with van der Waals surface area (Å²) in [5, 5.41) is 0. The van der Waals surface area contributed by atoms with Gasteiger partial charge in [0.2, 0.25) is 6.29 Å². The monoisotopic (exact) mass is 102 g/mol. The molecule has 0 saturated carbocycles. The van der Waals surface area contributed by atoms with Gasteiger partial charge in [0.15, 0.2) is 0 Å². The first-order valence-corrected chi connectivity index (χ1v) is 2.08. The van der Waals surface area contributed by atoms with Crippen LogP contribution in [0, 0.1) is 0 Å². The van der Waals surface area contributed by atoms with E-state index >= 15 is 0 Å². The zero-order chi connectivity index (χ0) is 5.28. The van der Waals surface area contributed by atoms with E-state index in [0.717, 1.165) is 0 Å². The Labute approximate surface area is 41.2 Å². The van der Waals surface area contributed by atoms with Crippen molar-refractivity contribution >= 4 is 5.97 Å². The molecule has 0 aliphatic carbocycles. The minimum absolute atomic E-state index is 0.225. The lowest BCUT2D eigenvalue weighted by atomic mass is 10.8. The van der Waals surface area contributed by atoms with E-state index in [2.05, 4.69) is 9.47 Å². The first-order chi connectivity index (χ1) is 3.29. The third-order valence-electron chi connectivity index (χ3n) is 0.600. The molecule has 3 heteroatoms. The smallest absolute Gasteiger partial charge is 0.305 e. The van der Waals surface area contributed by atoms with E-state index in [0.29, 0.717) is 6.61 Å². The fourth-order valence-corrected chi connectivity index (χ4v) is 0.292. The molecule has 40 valence electrons. The average Bonchev–Trinajstić information content (AvgIpc) is 2.17. The highest BCUT2D eigenvalue weighted by atomic mass is 16.8. The van der Waals surface area contributed by atoms with E-state index in [1.807, 2.05) is 0 Å². The normalized spacial score (nSPS) is 26.7. The van der Waals surface area contributed by atoms with Gasteiger partial charge in [-0.05, 0) is 0 Å². The number of carbonyl (C=O) groups excluding carboxylic acids is 1. The molecule has 7 heavy (non-hydrogen) atoms. The van der Waals surface area contributed by atoms with Gasteiger partial charge in [-0.1, -0.05) is 0 Å². The van der Waals surface area contributed by atoms with Gasteiger partial charge < -0.3 is 9.47 Å². The molecule has 1 saturated heterocycles. The Morgan fingerprint density at radius 1 is 2.00 bits per heavy atom. The van der Waals surface area contributed by atoms with E-state index in [-0.39, 0.29) is 12.3 Å². The van der Waals surface area contributed by atoms with Gasteiger partial charge in [0.25, 0.3) is 0 Å². The molecule has 1 aliphatic heterocycles. The average molecular weight is 102 g/mol. The number of hydrogen-bond donors (Lipinski definition) is 0. The van der Waals surface area contributed by atoms with Crippen LogP contribution < -0.4 is 0 Å². The van der Waals surface area contributed by atoms with Gasteiger partial charge in [-0.3, -0.25) is 4.79 Å². The van der Waals surface area contributed by atoms with Gasteiger partial charge in [-0.2, -0.15) is 0 Å². The Bertz CT molecular complexity index is 84.9. The predicted octanol–water partition coefficient (Wildman–Crippen LogP) is -0.0942. The molecule has 1 aliphatic rings. The molecule has 0 radical (unpaired) electrons. The second-order valence-corrected chi connectivity index (χ2v) is 1.37. The molecule has 0 N–H and O–H groups in total. The van der Waals surface area contributed by atoms with E-state index in [1.54, 1.807) is 0 Å². The van der Waals surface area contributed by atoms with Gasteiger partial charge in [0.05, 0.1) is 0 Å². The highest BCUT2D eigenvalue weighted by Crippen LogP contribution is 2.09. The van der Waals surface area contributed by atoms with Gasteiger partial charge in [0, 0.05) is 6.92 Å². The minimum atomic E-state index is -0.275. The van der Waals surface area contributed by atoms with E-state index < -0.39 is 0 Å². The Kier molecular flexibility index (Phi) is 0.982. The molecule has 1 atom stereocenters. The van der Waals surface area contributed by atoms with Gasteiger partial charge in [-0.15, -0.1) is 0 Å². The molecule has 0 aromatic carbocycles. The van der Waals surface area contributed by atoms with E-state index in [9.17, 15) is 4.79 Å². The van der Waals surface area contributed by atoms with Crippen LogP contribution in [-0.2, 0) is 14.3 Å². The highest BCUT2D eigenvalue weighted by Gasteiger charge is 2.25. The van der Waals surface area contributed by atoms with Crippen LogP contribution in [0.1, 0.15) is 6.92 Å². The summed E-state index contributed by atoms with van der Waals surface area (Å²) in [7, 11) is 0. The van der Waals surface area contributed by atoms with Gasteiger partial charge >= 0.3 is 5.97 Å². The molecule has 1 heterocycles. The topological polar surface area (TPSA) is 38.8 Å². The zero-order valence-electron chi connectivity index (χ0n) is 4.01. The van der Waals surface area contributed by atoms with Crippen LogP contribution in [0.25, 0.3) is 0 Å². The predicted molar refractivity (Wildman–Crippen MR) is 21.5 cm³/mol. The summed E-state index contributed by atoms with van der Waals surface area (Å²) in [4.78, 5) is 9.99. The number of hydrogen-bond acceptors (Lipinski definition) is 3. The standard InChI is InChI=1S/C4H6O3/c1-3(5)7-4-2-6-4/h4H,2H2,1H3/t4-/m1/s1. The summed E-state index contributed by atoms with van der Waals surface area (Å²) in [6, 6.07) is 0. The Morgan fingerprint density at radius 2 is 2.57 bits per heavy atom. The van der Waals surface area contributed by atoms with Gasteiger partial charge in [0.1, 0.15) is 6.61 Å². The van der Waals surface area contributed by atoms with E-state index in [4.69, 9.17) is 0 Å². The second kappa shape index (κ2) is 1.50. The molecule has 0 aromatic rings. The Balaban J connectivity index is 2.08. The molecule has 1 rings (SSSR count). The lowest BCUT2D eigenvalue weighted by Crippen LogP contribution is -2.00. The van der Waals surface area contributed by atoms with Crippen molar-refractivity contribution < 1.29 is 14.3 Å². The molecule has 0 amide bonds. The summed E-state index contributed by atoms with van der Waals surface area (Å²) >= 11 is 0. The molecule has 1 fully saturated rings. The van der Waals surface area contributed by atoms with Crippen molar-refractivity contribution in [2.75, 3.05) is 6.61 Å². The van der Waals surface area contributed by atoms with Crippen LogP contribution in [-0.4, -0.2) is 18.9 Å². The highest BCUT2D eigenvalue weighted by molar-refractivity contribution is 5.66. The van der Waals surface area contributed by atoms with Crippen LogP contribution in [0.15, 0.2) is 0 Å². The minimum Gasteiger partial charge on any atom is -0.433 e. The van der Waals surface area contributed by atoms with Crippen molar-refractivity contribution in [3.63, 3.8) is 0 Å². The molecule has 0 spiro atoms. The van der Waals surface area contributed by atoms with Crippen molar-refractivity contribution in [3.05, 3.63) is 0 Å². The number of epoxide rings is 1. The number of ether oxygens (including phenoxy) is 2. The molecule has 0 unspecified atom stereocenters. The maximum Gasteiger partial charge on any atom is 0.305 e. The molecular weight excluding hydrogens is 96.0 g/mol. The molecule has 3 nitrogen and oxygen atoms in total. The third kappa shape index (κ3) is 1.55. The summed E-state index contributed by atoms with van der Waals surface area (Å²) in [5.41, 5.74) is 0. The summed E-state index contributed by atoms with van der Waals surface area (Å²) in [5.74, 6) is -0.275. The maximum atomic E-state index is 9.99. The lowest BCUT2D eigenvalue weighted by Gasteiger charge is -1.89. The van der Waals surface area contributed by atoms with Crippen LogP contribution in [0.5, 0.6) is 0 Å². The summed E-state index contributed by atoms with van der Waals surface area (Å²) < 4.78 is 9.08. The zero-order valence-corrected chi connectivity index (χ0v) is 4.01. The fraction of sp³-hybridized carbons (Fsp3) is 0.750. The van der Waals surface area contributed by atoms with Crippen LogP contribution in [0.3, 0.4) is 0 Å². The molecule has 0 aromatic heterocycles. The van der Waals surface area contributed by atoms with E-state index in [1.165, 1.54) is 6.92 Å².